The number of aliphatic hydroxyl groups excluding tert-OH is 3. The molecule has 2 spiro atoms. The fraction of sp³-hybridized carbons (Fsp3) is 0.919. The first-order valence-corrected chi connectivity index (χ1v) is 31.8. The van der Waals surface area contributed by atoms with Crippen molar-refractivity contribution in [3.63, 3.8) is 0 Å². The zero-order valence-corrected chi connectivity index (χ0v) is 48.5. The maximum atomic E-state index is 12.2. The van der Waals surface area contributed by atoms with Gasteiger partial charge in [-0.05, 0) is 73.8 Å². The monoisotopic (exact) mass is 1150 g/mol. The van der Waals surface area contributed by atoms with Gasteiger partial charge in [0.15, 0.2) is 17.4 Å². The van der Waals surface area contributed by atoms with E-state index >= 15 is 0 Å². The molecule has 16 fully saturated rings. The van der Waals surface area contributed by atoms with Crippen LogP contribution in [-0.4, -0.2) is 211 Å². The van der Waals surface area contributed by atoms with Crippen molar-refractivity contribution in [2.45, 2.75) is 319 Å². The number of rotatable bonds is 12. The van der Waals surface area contributed by atoms with E-state index in [1.54, 1.807) is 0 Å². The second kappa shape index (κ2) is 21.5. The zero-order chi connectivity index (χ0) is 56.3. The molecule has 16 saturated heterocycles. The smallest absolute Gasteiger partial charge is 0.308 e. The van der Waals surface area contributed by atoms with Gasteiger partial charge in [-0.2, -0.15) is 0 Å². The Morgan fingerprint density at radius 3 is 2.11 bits per heavy atom. The molecular weight excluding hydrogens is 1060 g/mol. The second-order valence-corrected chi connectivity index (χ2v) is 28.2. The van der Waals surface area contributed by atoms with E-state index in [0.29, 0.717) is 64.2 Å². The first kappa shape index (κ1) is 56.7. The van der Waals surface area contributed by atoms with Crippen LogP contribution in [-0.2, 0) is 80.6 Å². The third-order valence-electron chi connectivity index (χ3n) is 22.6. The van der Waals surface area contributed by atoms with Crippen LogP contribution in [0.3, 0.4) is 0 Å². The van der Waals surface area contributed by atoms with Gasteiger partial charge >= 0.3 is 5.97 Å². The van der Waals surface area contributed by atoms with E-state index in [1.807, 2.05) is 0 Å². The van der Waals surface area contributed by atoms with Gasteiger partial charge in [-0.25, -0.2) is 0 Å². The minimum atomic E-state index is -0.934. The van der Waals surface area contributed by atoms with E-state index in [9.17, 15) is 20.1 Å². The molecule has 20 nitrogen and oxygen atoms in total. The largest absolute Gasteiger partial charge is 0.469 e. The molecule has 0 radical (unpaired) electrons. The molecule has 16 aliphatic rings. The highest BCUT2D eigenvalue weighted by Gasteiger charge is 2.70. The molecule has 33 unspecified atom stereocenters. The molecular formula is C62H90O20. The predicted molar refractivity (Wildman–Crippen MR) is 285 cm³/mol. The molecule has 3 N–H and O–H groups in total. The Balaban J connectivity index is 0.535. The normalized spacial score (nSPS) is 56.4. The fourth-order valence-electron chi connectivity index (χ4n) is 18.5. The average Bonchev–Trinajstić information content (AvgIpc) is 3.62. The van der Waals surface area contributed by atoms with Crippen molar-refractivity contribution in [2.24, 2.45) is 23.7 Å². The van der Waals surface area contributed by atoms with Crippen molar-refractivity contribution in [3.05, 3.63) is 24.3 Å². The van der Waals surface area contributed by atoms with E-state index in [1.165, 1.54) is 7.11 Å². The summed E-state index contributed by atoms with van der Waals surface area (Å²) in [6, 6.07) is 0. The molecule has 458 valence electrons. The van der Waals surface area contributed by atoms with Crippen molar-refractivity contribution in [2.75, 3.05) is 13.7 Å². The van der Waals surface area contributed by atoms with Crippen molar-refractivity contribution in [1.29, 1.82) is 0 Å². The van der Waals surface area contributed by atoms with Gasteiger partial charge in [0.05, 0.1) is 142 Å². The van der Waals surface area contributed by atoms with Crippen molar-refractivity contribution in [3.8, 4) is 0 Å². The topological polar surface area (TPSA) is 225 Å². The summed E-state index contributed by atoms with van der Waals surface area (Å²) in [7, 11) is 1.40. The van der Waals surface area contributed by atoms with Gasteiger partial charge in [0, 0.05) is 70.1 Å². The lowest BCUT2D eigenvalue weighted by molar-refractivity contribution is -0.369. The molecule has 6 bridgehead atoms. The summed E-state index contributed by atoms with van der Waals surface area (Å²) < 4.78 is 107. The summed E-state index contributed by atoms with van der Waals surface area (Å²) >= 11 is 0. The van der Waals surface area contributed by atoms with Crippen LogP contribution in [0.25, 0.3) is 0 Å². The quantitative estimate of drug-likeness (QED) is 0.174. The number of carbonyl (C=O) groups excluding carboxylic acids is 1. The van der Waals surface area contributed by atoms with Gasteiger partial charge in [-0.15, -0.1) is 0 Å². The Kier molecular flexibility index (Phi) is 14.9. The molecule has 20 heteroatoms. The van der Waals surface area contributed by atoms with E-state index < -0.39 is 41.8 Å². The second-order valence-electron chi connectivity index (χ2n) is 28.2. The fourth-order valence-corrected chi connectivity index (χ4v) is 18.5. The van der Waals surface area contributed by atoms with Crippen molar-refractivity contribution < 1.29 is 95.9 Å². The van der Waals surface area contributed by atoms with Crippen LogP contribution in [0.2, 0.25) is 0 Å². The lowest BCUT2D eigenvalue weighted by atomic mass is 9.78. The van der Waals surface area contributed by atoms with E-state index in [0.717, 1.165) is 56.1 Å². The Morgan fingerprint density at radius 1 is 0.585 bits per heavy atom. The Morgan fingerprint density at radius 2 is 1.28 bits per heavy atom. The van der Waals surface area contributed by atoms with Crippen molar-refractivity contribution in [1.82, 2.24) is 0 Å². The van der Waals surface area contributed by atoms with Crippen molar-refractivity contribution >= 4 is 5.97 Å². The SMILES string of the molecule is C=C1CC(CCC23CC4OC5C(OC6CCC(CC(=O)OC)OC6C5O2)C4O3)OC1CCC1CC(C)C(=C)C(CC2OC3CC4OC5(CC4OC3C(C)C2O)CC2OC3(CC(C)C4OC6CC(C(O)CO)OC6CC4O3)CC(C)C2O5)O1. The first-order chi connectivity index (χ1) is 39.4. The van der Waals surface area contributed by atoms with Gasteiger partial charge in [-0.3, -0.25) is 4.79 Å². The highest BCUT2D eigenvalue weighted by molar-refractivity contribution is 5.69. The van der Waals surface area contributed by atoms with E-state index in [4.69, 9.17) is 75.8 Å². The summed E-state index contributed by atoms with van der Waals surface area (Å²) in [6.45, 7) is 17.4. The highest BCUT2D eigenvalue weighted by atomic mass is 16.8. The van der Waals surface area contributed by atoms with Crippen LogP contribution in [0.5, 0.6) is 0 Å². The Labute approximate surface area is 481 Å². The molecule has 0 saturated carbocycles. The molecule has 0 aromatic heterocycles. The maximum absolute atomic E-state index is 12.2. The molecule has 0 aliphatic carbocycles. The molecule has 0 aromatic rings. The number of hydrogen-bond donors (Lipinski definition) is 3. The lowest BCUT2D eigenvalue weighted by Gasteiger charge is -2.54. The van der Waals surface area contributed by atoms with Gasteiger partial charge in [0.2, 0.25) is 0 Å². The zero-order valence-electron chi connectivity index (χ0n) is 48.5. The molecule has 16 rings (SSSR count). The molecule has 33 atom stereocenters. The highest BCUT2D eigenvalue weighted by Crippen LogP contribution is 2.58. The summed E-state index contributed by atoms with van der Waals surface area (Å²) in [6.07, 6.45) is 4.90. The third-order valence-corrected chi connectivity index (χ3v) is 22.6. The van der Waals surface area contributed by atoms with Crippen LogP contribution >= 0.6 is 0 Å². The minimum Gasteiger partial charge on any atom is -0.469 e. The number of fused-ring (bicyclic) bond motifs is 6. The summed E-state index contributed by atoms with van der Waals surface area (Å²) in [5.41, 5.74) is 2.14. The molecule has 0 amide bonds. The van der Waals surface area contributed by atoms with Gasteiger partial charge < -0.3 is 91.1 Å². The molecule has 82 heavy (non-hydrogen) atoms. The van der Waals surface area contributed by atoms with E-state index in [2.05, 4.69) is 40.9 Å². The van der Waals surface area contributed by atoms with Crippen LogP contribution in [0.15, 0.2) is 24.3 Å². The first-order valence-electron chi connectivity index (χ1n) is 31.8. The average molecular weight is 1160 g/mol. The lowest BCUT2D eigenvalue weighted by Crippen LogP contribution is -2.62. The van der Waals surface area contributed by atoms with Crippen LogP contribution in [0, 0.1) is 23.7 Å². The molecule has 16 aliphatic heterocycles. The third kappa shape index (κ3) is 9.89. The number of aliphatic hydroxyl groups is 3. The van der Waals surface area contributed by atoms with Gasteiger partial charge in [0.1, 0.15) is 36.6 Å². The van der Waals surface area contributed by atoms with Crippen LogP contribution < -0.4 is 0 Å². The van der Waals surface area contributed by atoms with E-state index in [-0.39, 0.29) is 177 Å². The molecule has 16 heterocycles. The summed E-state index contributed by atoms with van der Waals surface area (Å²) in [5, 5.41) is 31.9. The van der Waals surface area contributed by atoms with Crippen LogP contribution in [0.4, 0.5) is 0 Å². The Bertz CT molecular complexity index is 2410. The minimum absolute atomic E-state index is 0.0130. The number of esters is 1. The number of ether oxygens (including phenoxy) is 16. The van der Waals surface area contributed by atoms with Crippen LogP contribution in [0.1, 0.15) is 143 Å². The molecule has 0 aromatic carbocycles. The number of methoxy groups -OCH3 is 1. The summed E-state index contributed by atoms with van der Waals surface area (Å²) in [5.74, 6) is -2.38. The Hall–Kier alpha value is -1.77. The van der Waals surface area contributed by atoms with Gasteiger partial charge in [-0.1, -0.05) is 40.9 Å². The number of carbonyl (C=O) groups is 1. The summed E-state index contributed by atoms with van der Waals surface area (Å²) in [4.78, 5) is 12.2. The maximum Gasteiger partial charge on any atom is 0.308 e. The standard InChI is InChI=1S/C62H90O20/c1-27-14-33(8-10-37-28(2)15-35(68-37)12-13-60-24-48-56(81-60)57-58(76-48)59(82-60)55-38(73-57)11-9-34(70-55)16-50(65)67-7)69-39(31(27)5)17-44-51(66)32(6)54-45(72-44)20-43-47(75-54)23-62(77-43)25-49-53(80-62)30(4)22-61(79-49)21-29(3)52-46(78-61)19-41-42(74-52)18-40(71-41)36(64)26-63/h27,29-30,32-49,51-59,63-64,66H,2,5,8-26H2,1,3-4,6-7H3. The predicted octanol–water partition coefficient (Wildman–Crippen LogP) is 4.94. The number of hydrogen-bond acceptors (Lipinski definition) is 20. The van der Waals surface area contributed by atoms with Gasteiger partial charge in [0.25, 0.3) is 0 Å².